The molecule has 0 fully saturated rings. The predicted octanol–water partition coefficient (Wildman–Crippen LogP) is 6.66. The van der Waals surface area contributed by atoms with Gasteiger partial charge in [-0.05, 0) is 48.6 Å². The maximum Gasteiger partial charge on any atom is 0.126 e. The summed E-state index contributed by atoms with van der Waals surface area (Å²) in [6.07, 6.45) is 6.83. The maximum absolute atomic E-state index is 6.25. The van der Waals surface area contributed by atoms with Crippen LogP contribution in [0.3, 0.4) is 0 Å². The zero-order valence-corrected chi connectivity index (χ0v) is 16.0. The molecule has 0 atom stereocenters. The molecule has 0 saturated carbocycles. The second-order valence-electron chi connectivity index (χ2n) is 5.24. The van der Waals surface area contributed by atoms with E-state index in [1.807, 2.05) is 42.5 Å². The van der Waals surface area contributed by atoms with Crippen LogP contribution in [-0.2, 0) is 0 Å². The lowest BCUT2D eigenvalue weighted by Crippen LogP contribution is -1.89. The van der Waals surface area contributed by atoms with Crippen LogP contribution in [0.15, 0.2) is 58.0 Å². The first-order valence-corrected chi connectivity index (χ1v) is 8.86. The Labute approximate surface area is 159 Å². The van der Waals surface area contributed by atoms with Crippen molar-refractivity contribution in [1.82, 2.24) is 0 Å². The molecule has 3 rings (SSSR count). The first kappa shape index (κ1) is 17.3. The zero-order valence-electron chi connectivity index (χ0n) is 12.9. The van der Waals surface area contributed by atoms with Crippen LogP contribution in [0.2, 0.25) is 10.0 Å². The molecule has 0 amide bonds. The van der Waals surface area contributed by atoms with E-state index in [1.165, 1.54) is 0 Å². The lowest BCUT2D eigenvalue weighted by molar-refractivity contribution is 0.414. The van der Waals surface area contributed by atoms with Gasteiger partial charge in [0.2, 0.25) is 0 Å². The molecule has 24 heavy (non-hydrogen) atoms. The van der Waals surface area contributed by atoms with Crippen LogP contribution in [0.5, 0.6) is 5.75 Å². The first-order valence-electron chi connectivity index (χ1n) is 7.31. The second kappa shape index (κ2) is 7.56. The predicted molar refractivity (Wildman–Crippen MR) is 106 cm³/mol. The summed E-state index contributed by atoms with van der Waals surface area (Å²) in [6, 6.07) is 11.3. The summed E-state index contributed by atoms with van der Waals surface area (Å²) in [6.45, 7) is 0. The molecular formula is C19H14BrCl2NO. The topological polar surface area (TPSA) is 21.6 Å². The van der Waals surface area contributed by atoms with Crippen molar-refractivity contribution < 1.29 is 4.74 Å². The van der Waals surface area contributed by atoms with Gasteiger partial charge >= 0.3 is 0 Å². The quantitative estimate of drug-likeness (QED) is 0.539. The van der Waals surface area contributed by atoms with Gasteiger partial charge in [-0.2, -0.15) is 0 Å². The molecule has 122 valence electrons. The number of hydrogen-bond donors (Lipinski definition) is 0. The molecule has 0 radical (unpaired) electrons. The van der Waals surface area contributed by atoms with Crippen LogP contribution in [0.25, 0.3) is 11.8 Å². The number of methoxy groups -OCH3 is 1. The van der Waals surface area contributed by atoms with Gasteiger partial charge in [-0.15, -0.1) is 0 Å². The fourth-order valence-electron chi connectivity index (χ4n) is 2.44. The molecule has 1 aliphatic heterocycles. The number of hydrogen-bond acceptors (Lipinski definition) is 2. The lowest BCUT2D eigenvalue weighted by Gasteiger charge is -2.05. The summed E-state index contributed by atoms with van der Waals surface area (Å²) in [7, 11) is 1.66. The van der Waals surface area contributed by atoms with Crippen LogP contribution < -0.4 is 4.74 Å². The van der Waals surface area contributed by atoms with E-state index in [2.05, 4.69) is 27.0 Å². The third-order valence-corrected chi connectivity index (χ3v) is 4.66. The number of benzene rings is 2. The highest BCUT2D eigenvalue weighted by molar-refractivity contribution is 9.10. The molecule has 2 nitrogen and oxygen atoms in total. The fourth-order valence-corrected chi connectivity index (χ4v) is 3.33. The minimum atomic E-state index is 0.608. The third kappa shape index (κ3) is 3.92. The van der Waals surface area contributed by atoms with Crippen molar-refractivity contribution in [1.29, 1.82) is 0 Å². The molecule has 0 N–H and O–H groups in total. The SMILES string of the molecule is COc1ccc(Br)cc1/C=C/C1=NC(c2ccc(Cl)cc2Cl)=CC1. The Bertz CT molecular complexity index is 872. The molecule has 5 heteroatoms. The third-order valence-electron chi connectivity index (χ3n) is 3.62. The zero-order chi connectivity index (χ0) is 17.1. The summed E-state index contributed by atoms with van der Waals surface area (Å²) in [5.41, 5.74) is 3.73. The Morgan fingerprint density at radius 2 is 1.96 bits per heavy atom. The average Bonchev–Trinajstić information content (AvgIpc) is 3.01. The van der Waals surface area contributed by atoms with Gasteiger partial charge in [0.15, 0.2) is 0 Å². The van der Waals surface area contributed by atoms with Crippen LogP contribution in [0.4, 0.5) is 0 Å². The summed E-state index contributed by atoms with van der Waals surface area (Å²) in [5, 5.41) is 1.23. The Balaban J connectivity index is 1.82. The van der Waals surface area contributed by atoms with E-state index in [4.69, 9.17) is 27.9 Å². The smallest absolute Gasteiger partial charge is 0.126 e. The van der Waals surface area contributed by atoms with Gasteiger partial charge in [-0.25, -0.2) is 0 Å². The van der Waals surface area contributed by atoms with Crippen molar-refractivity contribution in [3.05, 3.63) is 74.2 Å². The molecule has 0 aromatic heterocycles. The van der Waals surface area contributed by atoms with E-state index in [0.29, 0.717) is 10.0 Å². The maximum atomic E-state index is 6.25. The second-order valence-corrected chi connectivity index (χ2v) is 7.00. The molecule has 0 spiro atoms. The molecule has 0 saturated heterocycles. The van der Waals surface area contributed by atoms with Crippen LogP contribution in [-0.4, -0.2) is 12.8 Å². The molecule has 0 bridgehead atoms. The standard InChI is InChI=1S/C19H14BrCl2NO/c1-24-19-9-3-13(20)10-12(19)2-5-15-6-8-18(23-15)16-7-4-14(21)11-17(16)22/h2-5,7-11H,6H2,1H3/b5-2+. The van der Waals surface area contributed by atoms with Gasteiger partial charge in [-0.1, -0.05) is 45.2 Å². The Hall–Kier alpha value is -1.55. The van der Waals surface area contributed by atoms with Gasteiger partial charge < -0.3 is 4.74 Å². The summed E-state index contributed by atoms with van der Waals surface area (Å²) < 4.78 is 6.38. The van der Waals surface area contributed by atoms with E-state index in [1.54, 1.807) is 13.2 Å². The summed E-state index contributed by atoms with van der Waals surface area (Å²) >= 11 is 15.7. The lowest BCUT2D eigenvalue weighted by atomic mass is 10.1. The average molecular weight is 423 g/mol. The monoisotopic (exact) mass is 421 g/mol. The van der Waals surface area contributed by atoms with Gasteiger partial charge in [0.25, 0.3) is 0 Å². The number of halogens is 3. The Morgan fingerprint density at radius 1 is 1.12 bits per heavy atom. The Morgan fingerprint density at radius 3 is 2.71 bits per heavy atom. The molecule has 2 aromatic carbocycles. The molecule has 1 heterocycles. The van der Waals surface area contributed by atoms with Crippen LogP contribution >= 0.6 is 39.1 Å². The fraction of sp³-hybridized carbons (Fsp3) is 0.105. The number of ether oxygens (including phenoxy) is 1. The number of aliphatic imine (C=N–C) groups is 1. The van der Waals surface area contributed by atoms with Crippen LogP contribution in [0, 0.1) is 0 Å². The van der Waals surface area contributed by atoms with Crippen LogP contribution in [0.1, 0.15) is 17.5 Å². The highest BCUT2D eigenvalue weighted by Gasteiger charge is 2.12. The van der Waals surface area contributed by atoms with E-state index in [-0.39, 0.29) is 0 Å². The highest BCUT2D eigenvalue weighted by Crippen LogP contribution is 2.31. The summed E-state index contributed by atoms with van der Waals surface area (Å²) in [5.74, 6) is 0.821. The van der Waals surface area contributed by atoms with Crippen molar-refractivity contribution in [3.8, 4) is 5.75 Å². The minimum Gasteiger partial charge on any atom is -0.496 e. The highest BCUT2D eigenvalue weighted by atomic mass is 79.9. The van der Waals surface area contributed by atoms with Crippen molar-refractivity contribution in [2.45, 2.75) is 6.42 Å². The van der Waals surface area contributed by atoms with Gasteiger partial charge in [-0.3, -0.25) is 4.99 Å². The molecule has 0 aliphatic carbocycles. The molecule has 1 aliphatic rings. The van der Waals surface area contributed by atoms with Crippen molar-refractivity contribution >= 4 is 56.6 Å². The molecule has 0 unspecified atom stereocenters. The molecule has 2 aromatic rings. The van der Waals surface area contributed by atoms with Crippen molar-refractivity contribution in [2.75, 3.05) is 7.11 Å². The van der Waals surface area contributed by atoms with Gasteiger partial charge in [0.05, 0.1) is 17.8 Å². The Kier molecular flexibility index (Phi) is 5.44. The number of nitrogens with zero attached hydrogens (tertiary/aromatic N) is 1. The largest absolute Gasteiger partial charge is 0.496 e. The normalized spacial score (nSPS) is 14.0. The van der Waals surface area contributed by atoms with E-state index >= 15 is 0 Å². The van der Waals surface area contributed by atoms with Gasteiger partial charge in [0.1, 0.15) is 5.75 Å². The minimum absolute atomic E-state index is 0.608. The van der Waals surface area contributed by atoms with Crippen molar-refractivity contribution in [2.24, 2.45) is 4.99 Å². The van der Waals surface area contributed by atoms with E-state index < -0.39 is 0 Å². The number of allylic oxidation sites excluding steroid dienone is 2. The number of rotatable bonds is 4. The van der Waals surface area contributed by atoms with E-state index in [9.17, 15) is 0 Å². The summed E-state index contributed by atoms with van der Waals surface area (Å²) in [4.78, 5) is 4.65. The molecular weight excluding hydrogens is 409 g/mol. The first-order chi connectivity index (χ1) is 11.6. The van der Waals surface area contributed by atoms with Gasteiger partial charge in [0, 0.05) is 32.8 Å². The van der Waals surface area contributed by atoms with E-state index in [0.717, 1.165) is 39.2 Å². The van der Waals surface area contributed by atoms with Crippen molar-refractivity contribution in [3.63, 3.8) is 0 Å².